The molecule has 0 aliphatic heterocycles. The Morgan fingerprint density at radius 2 is 2.20 bits per heavy atom. The summed E-state index contributed by atoms with van der Waals surface area (Å²) in [4.78, 5) is 0. The second-order valence-electron chi connectivity index (χ2n) is 4.82. The van der Waals surface area contributed by atoms with E-state index in [1.54, 1.807) is 17.4 Å². The highest BCUT2D eigenvalue weighted by Crippen LogP contribution is 2.27. The normalized spacial score (nSPS) is 12.6. The Morgan fingerprint density at radius 1 is 1.35 bits per heavy atom. The van der Waals surface area contributed by atoms with E-state index in [0.717, 1.165) is 31.4 Å². The van der Waals surface area contributed by atoms with Crippen LogP contribution in [0.4, 0.5) is 4.39 Å². The number of hydrogen-bond acceptors (Lipinski definition) is 2. The molecular weight excluding hydrogens is 337 g/mol. The van der Waals surface area contributed by atoms with Gasteiger partial charge in [-0.25, -0.2) is 4.39 Å². The van der Waals surface area contributed by atoms with Crippen LogP contribution in [-0.4, -0.2) is 6.54 Å². The highest BCUT2D eigenvalue weighted by atomic mass is 79.9. The van der Waals surface area contributed by atoms with Gasteiger partial charge < -0.3 is 5.32 Å². The van der Waals surface area contributed by atoms with Crippen LogP contribution in [0.25, 0.3) is 0 Å². The predicted octanol–water partition coefficient (Wildman–Crippen LogP) is 5.32. The standard InChI is InChI=1S/C16H19BrFNS/c1-2-9-19-15(7-6-12-8-10-20-11-12)13-4-3-5-14(17)16(13)18/h3-5,8,10-11,15,19H,2,6-7,9H2,1H3. The lowest BCUT2D eigenvalue weighted by Gasteiger charge is -2.20. The van der Waals surface area contributed by atoms with Crippen LogP contribution in [0.2, 0.25) is 0 Å². The number of thiophene rings is 1. The fourth-order valence-corrected chi connectivity index (χ4v) is 3.31. The van der Waals surface area contributed by atoms with E-state index in [1.807, 2.05) is 12.1 Å². The summed E-state index contributed by atoms with van der Waals surface area (Å²) in [6.07, 6.45) is 2.92. The molecule has 1 nitrogen and oxygen atoms in total. The zero-order valence-corrected chi connectivity index (χ0v) is 13.9. The Balaban J connectivity index is 2.11. The van der Waals surface area contributed by atoms with E-state index >= 15 is 0 Å². The molecule has 1 unspecified atom stereocenters. The molecule has 1 heterocycles. The van der Waals surface area contributed by atoms with Gasteiger partial charge in [0.1, 0.15) is 5.82 Å². The molecule has 0 bridgehead atoms. The molecule has 0 saturated carbocycles. The van der Waals surface area contributed by atoms with E-state index in [0.29, 0.717) is 4.47 Å². The zero-order chi connectivity index (χ0) is 14.4. The minimum atomic E-state index is -0.147. The summed E-state index contributed by atoms with van der Waals surface area (Å²) in [5.74, 6) is -0.147. The van der Waals surface area contributed by atoms with Gasteiger partial charge in [-0.3, -0.25) is 0 Å². The second-order valence-corrected chi connectivity index (χ2v) is 6.45. The van der Waals surface area contributed by atoms with E-state index in [-0.39, 0.29) is 11.9 Å². The first-order valence-electron chi connectivity index (χ1n) is 6.90. The highest BCUT2D eigenvalue weighted by Gasteiger charge is 2.16. The summed E-state index contributed by atoms with van der Waals surface area (Å²) in [6.45, 7) is 3.03. The van der Waals surface area contributed by atoms with Crippen LogP contribution in [-0.2, 0) is 6.42 Å². The molecule has 0 aliphatic rings. The molecular formula is C16H19BrFNS. The third kappa shape index (κ3) is 4.14. The smallest absolute Gasteiger partial charge is 0.142 e. The van der Waals surface area contributed by atoms with Gasteiger partial charge in [0.2, 0.25) is 0 Å². The second kappa shape index (κ2) is 7.91. The number of aryl methyl sites for hydroxylation is 1. The SMILES string of the molecule is CCCNC(CCc1ccsc1)c1cccc(Br)c1F. The molecule has 0 fully saturated rings. The summed E-state index contributed by atoms with van der Waals surface area (Å²) in [6, 6.07) is 7.72. The maximum Gasteiger partial charge on any atom is 0.142 e. The van der Waals surface area contributed by atoms with Crippen LogP contribution in [0.5, 0.6) is 0 Å². The molecule has 0 radical (unpaired) electrons. The summed E-state index contributed by atoms with van der Waals surface area (Å²) < 4.78 is 14.8. The molecule has 1 aromatic carbocycles. The van der Waals surface area contributed by atoms with Gasteiger partial charge in [0.05, 0.1) is 4.47 Å². The van der Waals surface area contributed by atoms with Crippen molar-refractivity contribution >= 4 is 27.3 Å². The van der Waals surface area contributed by atoms with Gasteiger partial charge in [-0.05, 0) is 70.2 Å². The van der Waals surface area contributed by atoms with Crippen molar-refractivity contribution < 1.29 is 4.39 Å². The molecule has 4 heteroatoms. The lowest BCUT2D eigenvalue weighted by Crippen LogP contribution is -2.23. The van der Waals surface area contributed by atoms with Crippen LogP contribution in [0.3, 0.4) is 0 Å². The number of nitrogens with one attached hydrogen (secondary N) is 1. The van der Waals surface area contributed by atoms with E-state index in [9.17, 15) is 4.39 Å². The fourth-order valence-electron chi connectivity index (χ4n) is 2.22. The number of halogens is 2. The molecule has 2 aromatic rings. The van der Waals surface area contributed by atoms with Crippen molar-refractivity contribution in [1.29, 1.82) is 0 Å². The van der Waals surface area contributed by atoms with Crippen LogP contribution in [0.1, 0.15) is 36.9 Å². The van der Waals surface area contributed by atoms with Crippen LogP contribution >= 0.6 is 27.3 Å². The van der Waals surface area contributed by atoms with Crippen molar-refractivity contribution in [2.75, 3.05) is 6.54 Å². The van der Waals surface area contributed by atoms with E-state index in [1.165, 1.54) is 5.56 Å². The first-order valence-corrected chi connectivity index (χ1v) is 8.64. The minimum absolute atomic E-state index is 0.0624. The molecule has 20 heavy (non-hydrogen) atoms. The first-order chi connectivity index (χ1) is 9.72. The summed E-state index contributed by atoms with van der Waals surface area (Å²) in [7, 11) is 0. The topological polar surface area (TPSA) is 12.0 Å². The van der Waals surface area contributed by atoms with Gasteiger partial charge in [0.15, 0.2) is 0 Å². The molecule has 1 N–H and O–H groups in total. The Kier molecular flexibility index (Phi) is 6.20. The Bertz CT molecular complexity index is 527. The number of hydrogen-bond donors (Lipinski definition) is 1. The largest absolute Gasteiger partial charge is 0.310 e. The lowest BCUT2D eigenvalue weighted by molar-refractivity contribution is 0.472. The predicted molar refractivity (Wildman–Crippen MR) is 87.8 cm³/mol. The Morgan fingerprint density at radius 3 is 2.90 bits per heavy atom. The molecule has 1 aromatic heterocycles. The average molecular weight is 356 g/mol. The summed E-state index contributed by atoms with van der Waals surface area (Å²) in [5.41, 5.74) is 2.08. The molecule has 108 valence electrons. The van der Waals surface area contributed by atoms with Gasteiger partial charge >= 0.3 is 0 Å². The van der Waals surface area contributed by atoms with Crippen molar-refractivity contribution in [3.63, 3.8) is 0 Å². The molecule has 1 atom stereocenters. The third-order valence-corrected chi connectivity index (χ3v) is 4.64. The Hall–Kier alpha value is -0.710. The van der Waals surface area contributed by atoms with Gasteiger partial charge in [-0.15, -0.1) is 0 Å². The van der Waals surface area contributed by atoms with Crippen molar-refractivity contribution in [1.82, 2.24) is 5.32 Å². The molecule has 2 rings (SSSR count). The van der Waals surface area contributed by atoms with Crippen LogP contribution < -0.4 is 5.32 Å². The maximum atomic E-state index is 14.3. The first kappa shape index (κ1) is 15.7. The number of rotatable bonds is 7. The minimum Gasteiger partial charge on any atom is -0.310 e. The maximum absolute atomic E-state index is 14.3. The van der Waals surface area contributed by atoms with Crippen LogP contribution in [0.15, 0.2) is 39.5 Å². The quantitative estimate of drug-likeness (QED) is 0.708. The van der Waals surface area contributed by atoms with Gasteiger partial charge in [0.25, 0.3) is 0 Å². The van der Waals surface area contributed by atoms with Gasteiger partial charge in [-0.2, -0.15) is 11.3 Å². The van der Waals surface area contributed by atoms with Gasteiger partial charge in [0, 0.05) is 11.6 Å². The molecule has 0 spiro atoms. The molecule has 0 aliphatic carbocycles. The van der Waals surface area contributed by atoms with Crippen molar-refractivity contribution in [2.45, 2.75) is 32.2 Å². The highest BCUT2D eigenvalue weighted by molar-refractivity contribution is 9.10. The average Bonchev–Trinajstić information content (AvgIpc) is 2.96. The molecule has 0 amide bonds. The lowest BCUT2D eigenvalue weighted by atomic mass is 9.99. The monoisotopic (exact) mass is 355 g/mol. The van der Waals surface area contributed by atoms with Crippen molar-refractivity contribution in [3.8, 4) is 0 Å². The van der Waals surface area contributed by atoms with E-state index < -0.39 is 0 Å². The molecule has 0 saturated heterocycles. The van der Waals surface area contributed by atoms with Crippen molar-refractivity contribution in [2.24, 2.45) is 0 Å². The zero-order valence-electron chi connectivity index (χ0n) is 11.5. The van der Waals surface area contributed by atoms with E-state index in [4.69, 9.17) is 0 Å². The fraction of sp³-hybridized carbons (Fsp3) is 0.375. The number of benzene rings is 1. The van der Waals surface area contributed by atoms with Crippen molar-refractivity contribution in [3.05, 3.63) is 56.4 Å². The van der Waals surface area contributed by atoms with Crippen LogP contribution in [0, 0.1) is 5.82 Å². The summed E-state index contributed by atoms with van der Waals surface area (Å²) >= 11 is 4.98. The van der Waals surface area contributed by atoms with E-state index in [2.05, 4.69) is 45.0 Å². The Labute approximate surface area is 132 Å². The third-order valence-electron chi connectivity index (χ3n) is 3.30. The summed E-state index contributed by atoms with van der Waals surface area (Å²) in [5, 5.41) is 7.71. The van der Waals surface area contributed by atoms with Gasteiger partial charge in [-0.1, -0.05) is 19.1 Å².